The van der Waals surface area contributed by atoms with Gasteiger partial charge in [-0.1, -0.05) is 23.4 Å². The van der Waals surface area contributed by atoms with E-state index in [1.807, 2.05) is 0 Å². The number of amides is 3. The number of esters is 1. The van der Waals surface area contributed by atoms with Crippen LogP contribution >= 0.6 is 11.6 Å². The van der Waals surface area contributed by atoms with E-state index >= 15 is 0 Å². The summed E-state index contributed by atoms with van der Waals surface area (Å²) in [5.41, 5.74) is -0.0495. The Labute approximate surface area is 249 Å². The van der Waals surface area contributed by atoms with E-state index in [-0.39, 0.29) is 47.9 Å². The first-order valence-electron chi connectivity index (χ1n) is 13.5. The van der Waals surface area contributed by atoms with E-state index in [1.165, 1.54) is 48.7 Å². The van der Waals surface area contributed by atoms with Crippen LogP contribution in [0.15, 0.2) is 69.6 Å². The minimum atomic E-state index is -1.16. The summed E-state index contributed by atoms with van der Waals surface area (Å²) in [5, 5.41) is 11.5. The summed E-state index contributed by atoms with van der Waals surface area (Å²) in [5.74, 6) is -2.85. The number of benzene rings is 1. The zero-order valence-corrected chi connectivity index (χ0v) is 23.4. The van der Waals surface area contributed by atoms with Gasteiger partial charge in [0.05, 0.1) is 6.61 Å². The molecule has 3 aromatic rings. The van der Waals surface area contributed by atoms with Gasteiger partial charge in [0.2, 0.25) is 17.0 Å². The summed E-state index contributed by atoms with van der Waals surface area (Å²) in [6, 6.07) is 7.61. The number of hydrogen-bond acceptors (Lipinski definition) is 8. The second-order valence-corrected chi connectivity index (χ2v) is 10.5. The lowest BCUT2D eigenvalue weighted by molar-refractivity contribution is -0.135. The molecule has 14 heteroatoms. The van der Waals surface area contributed by atoms with Crippen molar-refractivity contribution in [2.75, 3.05) is 18.5 Å². The highest BCUT2D eigenvalue weighted by molar-refractivity contribution is 6.29. The van der Waals surface area contributed by atoms with Crippen molar-refractivity contribution >= 4 is 41.0 Å². The SMILES string of the molecule is O=C1OCC/C1=C/C(CC1CCNC1=O)NC(=O)C(Cc1ccc(F)cc1)n1cccc(NC(=O)c2cc(Cl)on2)c1=O. The molecule has 0 aliphatic carbocycles. The Bertz CT molecular complexity index is 1630. The third-order valence-electron chi connectivity index (χ3n) is 7.22. The molecule has 0 bridgehead atoms. The molecule has 0 saturated carbocycles. The van der Waals surface area contributed by atoms with Crippen molar-refractivity contribution in [3.8, 4) is 0 Å². The number of cyclic esters (lactones) is 1. The number of carbonyl (C=O) groups excluding carboxylic acids is 4. The molecule has 5 rings (SSSR count). The maximum atomic E-state index is 13.9. The Kier molecular flexibility index (Phi) is 9.00. The van der Waals surface area contributed by atoms with E-state index in [1.54, 1.807) is 6.08 Å². The van der Waals surface area contributed by atoms with E-state index < -0.39 is 41.2 Å². The van der Waals surface area contributed by atoms with Crippen LogP contribution in [0.5, 0.6) is 0 Å². The molecule has 0 radical (unpaired) electrons. The summed E-state index contributed by atoms with van der Waals surface area (Å²) in [7, 11) is 0. The Morgan fingerprint density at radius 2 is 2.00 bits per heavy atom. The molecule has 43 heavy (non-hydrogen) atoms. The van der Waals surface area contributed by atoms with E-state index in [2.05, 4.69) is 21.1 Å². The molecule has 2 aliphatic rings. The van der Waals surface area contributed by atoms with Crippen molar-refractivity contribution in [2.45, 2.75) is 37.8 Å². The number of hydrogen-bond donors (Lipinski definition) is 3. The third-order valence-corrected chi connectivity index (χ3v) is 7.39. The molecule has 2 saturated heterocycles. The van der Waals surface area contributed by atoms with Crippen LogP contribution in [0.25, 0.3) is 0 Å². The zero-order valence-electron chi connectivity index (χ0n) is 22.7. The Hall–Kier alpha value is -4.78. The standard InChI is InChI=1S/C29H27ClFN5O7/c30-24-15-22(35-43-24)26(38)34-21-2-1-10-36(28(21)40)23(12-16-3-5-19(31)6-4-16)27(39)33-20(13-17-7-9-32-25(17)37)14-18-8-11-42-29(18)41/h1-6,10,14-15,17,20,23H,7-9,11-13H2,(H,32,37)(H,33,39)(H,34,38)/b18-14-. The predicted octanol–water partition coefficient (Wildman–Crippen LogP) is 2.55. The van der Waals surface area contributed by atoms with Crippen molar-refractivity contribution in [1.29, 1.82) is 0 Å². The Morgan fingerprint density at radius 3 is 2.65 bits per heavy atom. The lowest BCUT2D eigenvalue weighted by Crippen LogP contribution is -2.44. The van der Waals surface area contributed by atoms with Crippen LogP contribution in [0.1, 0.15) is 41.4 Å². The molecule has 3 N–H and O–H groups in total. The van der Waals surface area contributed by atoms with Crippen LogP contribution in [0.2, 0.25) is 5.22 Å². The maximum absolute atomic E-state index is 13.9. The topological polar surface area (TPSA) is 162 Å². The molecule has 2 aromatic heterocycles. The first kappa shape index (κ1) is 29.7. The van der Waals surface area contributed by atoms with Gasteiger partial charge >= 0.3 is 5.97 Å². The van der Waals surface area contributed by atoms with E-state index in [0.717, 1.165) is 4.57 Å². The fourth-order valence-electron chi connectivity index (χ4n) is 5.02. The highest BCUT2D eigenvalue weighted by Crippen LogP contribution is 2.22. The van der Waals surface area contributed by atoms with E-state index in [9.17, 15) is 28.4 Å². The van der Waals surface area contributed by atoms with Crippen molar-refractivity contribution < 1.29 is 32.8 Å². The smallest absolute Gasteiger partial charge is 0.333 e. The normalized spacial score (nSPS) is 18.7. The summed E-state index contributed by atoms with van der Waals surface area (Å²) in [6.45, 7) is 0.724. The number of nitrogens with one attached hydrogen (secondary N) is 3. The molecule has 4 heterocycles. The van der Waals surface area contributed by atoms with Gasteiger partial charge in [0.1, 0.15) is 17.5 Å². The van der Waals surface area contributed by atoms with Crippen LogP contribution in [-0.4, -0.2) is 52.6 Å². The monoisotopic (exact) mass is 611 g/mol. The molecular formula is C29H27ClFN5O7. The van der Waals surface area contributed by atoms with E-state index in [0.29, 0.717) is 30.5 Å². The van der Waals surface area contributed by atoms with Crippen molar-refractivity contribution in [1.82, 2.24) is 20.4 Å². The quantitative estimate of drug-likeness (QED) is 0.233. The summed E-state index contributed by atoms with van der Waals surface area (Å²) in [6.07, 6.45) is 4.12. The molecule has 1 aromatic carbocycles. The van der Waals surface area contributed by atoms with Gasteiger partial charge in [-0.25, -0.2) is 9.18 Å². The largest absolute Gasteiger partial charge is 0.462 e. The van der Waals surface area contributed by atoms with Crippen LogP contribution in [0.4, 0.5) is 10.1 Å². The molecule has 3 amide bonds. The number of pyridine rings is 1. The summed E-state index contributed by atoms with van der Waals surface area (Å²) in [4.78, 5) is 64.6. The molecule has 2 aliphatic heterocycles. The second kappa shape index (κ2) is 13.0. The zero-order chi connectivity index (χ0) is 30.5. The van der Waals surface area contributed by atoms with Gasteiger partial charge in [-0.15, -0.1) is 0 Å². The number of rotatable bonds is 10. The number of halogens is 2. The van der Waals surface area contributed by atoms with Gasteiger partial charge in [-0.2, -0.15) is 0 Å². The van der Waals surface area contributed by atoms with Crippen LogP contribution in [0, 0.1) is 11.7 Å². The van der Waals surface area contributed by atoms with Crippen LogP contribution < -0.4 is 21.5 Å². The first-order valence-corrected chi connectivity index (χ1v) is 13.9. The van der Waals surface area contributed by atoms with E-state index in [4.69, 9.17) is 20.9 Å². The van der Waals surface area contributed by atoms with Gasteiger partial charge in [0.25, 0.3) is 11.5 Å². The molecule has 12 nitrogen and oxygen atoms in total. The maximum Gasteiger partial charge on any atom is 0.333 e. The summed E-state index contributed by atoms with van der Waals surface area (Å²) >= 11 is 5.70. The van der Waals surface area contributed by atoms with Gasteiger partial charge in [0.15, 0.2) is 5.69 Å². The van der Waals surface area contributed by atoms with Crippen LogP contribution in [-0.2, 0) is 25.5 Å². The van der Waals surface area contributed by atoms with Crippen LogP contribution in [0.3, 0.4) is 0 Å². The van der Waals surface area contributed by atoms with Gasteiger partial charge in [-0.05, 0) is 54.3 Å². The number of anilines is 1. The van der Waals surface area contributed by atoms with Gasteiger partial charge in [-0.3, -0.25) is 19.2 Å². The first-order chi connectivity index (χ1) is 20.7. The van der Waals surface area contributed by atoms with Gasteiger partial charge < -0.3 is 29.8 Å². The minimum Gasteiger partial charge on any atom is -0.462 e. The lowest BCUT2D eigenvalue weighted by atomic mass is 9.95. The van der Waals surface area contributed by atoms with Crippen molar-refractivity contribution in [3.05, 3.63) is 93.0 Å². The highest BCUT2D eigenvalue weighted by atomic mass is 35.5. The number of carbonyl (C=O) groups is 4. The number of ether oxygens (including phenoxy) is 1. The molecule has 224 valence electrons. The third kappa shape index (κ3) is 7.17. The second-order valence-electron chi connectivity index (χ2n) is 10.2. The average molecular weight is 612 g/mol. The predicted molar refractivity (Wildman–Crippen MR) is 151 cm³/mol. The fraction of sp³-hybridized carbons (Fsp3) is 0.310. The highest BCUT2D eigenvalue weighted by Gasteiger charge is 2.31. The summed E-state index contributed by atoms with van der Waals surface area (Å²) < 4.78 is 24.5. The minimum absolute atomic E-state index is 0.0163. The molecule has 2 fully saturated rings. The fourth-order valence-corrected chi connectivity index (χ4v) is 5.16. The molecule has 0 spiro atoms. The van der Waals surface area contributed by atoms with Crippen molar-refractivity contribution in [3.63, 3.8) is 0 Å². The molecule has 3 unspecified atom stereocenters. The Morgan fingerprint density at radius 1 is 1.21 bits per heavy atom. The van der Waals surface area contributed by atoms with Gasteiger partial charge in [0, 0.05) is 49.2 Å². The molecular weight excluding hydrogens is 585 g/mol. The molecule has 3 atom stereocenters. The average Bonchev–Trinajstić information content (AvgIpc) is 3.71. The number of nitrogens with zero attached hydrogens (tertiary/aromatic N) is 2. The Balaban J connectivity index is 1.46. The van der Waals surface area contributed by atoms with Crippen molar-refractivity contribution in [2.24, 2.45) is 5.92 Å². The lowest BCUT2D eigenvalue weighted by Gasteiger charge is -2.24. The number of aromatic nitrogens is 2.